The van der Waals surface area contributed by atoms with E-state index in [1.54, 1.807) is 7.11 Å². The molecule has 0 aromatic heterocycles. The summed E-state index contributed by atoms with van der Waals surface area (Å²) in [5.41, 5.74) is 1.94. The van der Waals surface area contributed by atoms with E-state index >= 15 is 0 Å². The molecule has 0 amide bonds. The first-order valence-corrected chi connectivity index (χ1v) is 9.19. The molecule has 3 fully saturated rings. The van der Waals surface area contributed by atoms with Crippen LogP contribution in [-0.4, -0.2) is 44.4 Å². The van der Waals surface area contributed by atoms with Crippen molar-refractivity contribution in [3.05, 3.63) is 71.8 Å². The van der Waals surface area contributed by atoms with Crippen molar-refractivity contribution in [3.8, 4) is 0 Å². The Kier molecular flexibility index (Phi) is 4.69. The molecule has 0 radical (unpaired) electrons. The van der Waals surface area contributed by atoms with Crippen LogP contribution in [0.3, 0.4) is 0 Å². The van der Waals surface area contributed by atoms with Gasteiger partial charge in [0.2, 0.25) is 0 Å². The molecule has 6 heteroatoms. The monoisotopic (exact) mass is 370 g/mol. The standard InChI is InChI=1S/C21H22O6/c1-22-21-18-17(26-20(27-18)14-10-6-3-7-11-14)16-15(24-21)12-23-19(25-16)13-8-4-2-5-9-13/h2-11,15-21H,12H2,1H3/t15-,16-,17+,18+,19-,20?,21+/m1/s1. The van der Waals surface area contributed by atoms with Gasteiger partial charge in [0.05, 0.1) is 6.61 Å². The van der Waals surface area contributed by atoms with E-state index in [0.29, 0.717) is 6.61 Å². The predicted octanol–water partition coefficient (Wildman–Crippen LogP) is 2.95. The molecule has 2 aromatic rings. The van der Waals surface area contributed by atoms with Crippen LogP contribution < -0.4 is 0 Å². The third kappa shape index (κ3) is 3.18. The second-order valence-corrected chi connectivity index (χ2v) is 6.90. The van der Waals surface area contributed by atoms with Crippen molar-refractivity contribution in [2.75, 3.05) is 13.7 Å². The van der Waals surface area contributed by atoms with Crippen molar-refractivity contribution in [3.63, 3.8) is 0 Å². The lowest BCUT2D eigenvalue weighted by Crippen LogP contribution is -2.61. The SMILES string of the molecule is CO[C@H]1O[C@@H]2CO[C@@H](c3ccccc3)O[C@H]2[C@@H]2OC(c3ccccc3)O[C@H]12. The van der Waals surface area contributed by atoms with E-state index in [2.05, 4.69) is 0 Å². The largest absolute Gasteiger partial charge is 0.353 e. The van der Waals surface area contributed by atoms with Crippen LogP contribution >= 0.6 is 0 Å². The van der Waals surface area contributed by atoms with Gasteiger partial charge in [0.25, 0.3) is 0 Å². The molecule has 5 rings (SSSR count). The third-order valence-corrected chi connectivity index (χ3v) is 5.22. The molecule has 1 unspecified atom stereocenters. The van der Waals surface area contributed by atoms with Gasteiger partial charge in [-0.1, -0.05) is 60.7 Å². The molecule has 6 nitrogen and oxygen atoms in total. The van der Waals surface area contributed by atoms with Gasteiger partial charge < -0.3 is 28.4 Å². The molecule has 3 saturated heterocycles. The first kappa shape index (κ1) is 17.3. The molecular weight excluding hydrogens is 348 g/mol. The van der Waals surface area contributed by atoms with Crippen LogP contribution in [0.2, 0.25) is 0 Å². The van der Waals surface area contributed by atoms with Crippen molar-refractivity contribution in [1.82, 2.24) is 0 Å². The molecule has 27 heavy (non-hydrogen) atoms. The molecular formula is C21H22O6. The normalized spacial score (nSPS) is 38.2. The topological polar surface area (TPSA) is 55.4 Å². The molecule has 3 heterocycles. The van der Waals surface area contributed by atoms with E-state index in [1.165, 1.54) is 0 Å². The number of benzene rings is 2. The molecule has 2 aromatic carbocycles. The van der Waals surface area contributed by atoms with Crippen LogP contribution in [0.1, 0.15) is 23.7 Å². The molecule has 0 N–H and O–H groups in total. The maximum Gasteiger partial charge on any atom is 0.186 e. The number of fused-ring (bicyclic) bond motifs is 3. The summed E-state index contributed by atoms with van der Waals surface area (Å²) in [5.74, 6) is 0. The number of hydrogen-bond acceptors (Lipinski definition) is 6. The van der Waals surface area contributed by atoms with E-state index in [-0.39, 0.29) is 24.4 Å². The Bertz CT molecular complexity index is 754. The van der Waals surface area contributed by atoms with Gasteiger partial charge in [0, 0.05) is 18.2 Å². The van der Waals surface area contributed by atoms with Crippen molar-refractivity contribution in [2.24, 2.45) is 0 Å². The Labute approximate surface area is 157 Å². The highest BCUT2D eigenvalue weighted by molar-refractivity contribution is 5.18. The molecule has 0 saturated carbocycles. The molecule has 0 bridgehead atoms. The highest BCUT2D eigenvalue weighted by Crippen LogP contribution is 2.43. The summed E-state index contributed by atoms with van der Waals surface area (Å²) >= 11 is 0. The molecule has 0 spiro atoms. The predicted molar refractivity (Wildman–Crippen MR) is 94.6 cm³/mol. The van der Waals surface area contributed by atoms with Crippen molar-refractivity contribution in [2.45, 2.75) is 43.3 Å². The number of hydrogen-bond donors (Lipinski definition) is 0. The number of rotatable bonds is 3. The summed E-state index contributed by atoms with van der Waals surface area (Å²) in [6.45, 7) is 0.409. The van der Waals surface area contributed by atoms with E-state index < -0.39 is 18.9 Å². The van der Waals surface area contributed by atoms with Gasteiger partial charge in [-0.2, -0.15) is 0 Å². The number of ether oxygens (including phenoxy) is 6. The minimum Gasteiger partial charge on any atom is -0.353 e. The highest BCUT2D eigenvalue weighted by atomic mass is 16.8. The first-order valence-electron chi connectivity index (χ1n) is 9.19. The third-order valence-electron chi connectivity index (χ3n) is 5.22. The van der Waals surface area contributed by atoms with E-state index in [4.69, 9.17) is 28.4 Å². The second kappa shape index (κ2) is 7.31. The Balaban J connectivity index is 1.39. The van der Waals surface area contributed by atoms with Crippen LogP contribution in [0.15, 0.2) is 60.7 Å². The molecule has 142 valence electrons. The van der Waals surface area contributed by atoms with Crippen LogP contribution in [0, 0.1) is 0 Å². The molecule has 3 aliphatic heterocycles. The fraction of sp³-hybridized carbons (Fsp3) is 0.429. The molecule has 7 atom stereocenters. The zero-order chi connectivity index (χ0) is 18.2. The average Bonchev–Trinajstić information content (AvgIpc) is 3.20. The first-order chi connectivity index (χ1) is 13.3. The van der Waals surface area contributed by atoms with Gasteiger partial charge in [-0.15, -0.1) is 0 Å². The Morgan fingerprint density at radius 3 is 1.96 bits per heavy atom. The summed E-state index contributed by atoms with van der Waals surface area (Å²) in [6.07, 6.45) is -2.67. The second-order valence-electron chi connectivity index (χ2n) is 6.90. The van der Waals surface area contributed by atoms with Gasteiger partial charge in [-0.05, 0) is 0 Å². The van der Waals surface area contributed by atoms with Gasteiger partial charge >= 0.3 is 0 Å². The lowest BCUT2D eigenvalue weighted by Gasteiger charge is -2.45. The fourth-order valence-corrected chi connectivity index (χ4v) is 3.90. The van der Waals surface area contributed by atoms with Crippen LogP contribution in [0.5, 0.6) is 0 Å². The van der Waals surface area contributed by atoms with Crippen LogP contribution in [0.25, 0.3) is 0 Å². The summed E-state index contributed by atoms with van der Waals surface area (Å²) in [4.78, 5) is 0. The molecule has 0 aliphatic carbocycles. The van der Waals surface area contributed by atoms with Crippen LogP contribution in [-0.2, 0) is 28.4 Å². The van der Waals surface area contributed by atoms with Gasteiger partial charge in [-0.25, -0.2) is 0 Å². The van der Waals surface area contributed by atoms with Gasteiger partial charge in [0.15, 0.2) is 18.9 Å². The Morgan fingerprint density at radius 2 is 1.30 bits per heavy atom. The summed E-state index contributed by atoms with van der Waals surface area (Å²) in [7, 11) is 1.61. The lowest BCUT2D eigenvalue weighted by molar-refractivity contribution is -0.343. The van der Waals surface area contributed by atoms with E-state index in [1.807, 2.05) is 60.7 Å². The van der Waals surface area contributed by atoms with Crippen molar-refractivity contribution >= 4 is 0 Å². The minimum absolute atomic E-state index is 0.269. The average molecular weight is 370 g/mol. The molecule has 3 aliphatic rings. The fourth-order valence-electron chi connectivity index (χ4n) is 3.90. The smallest absolute Gasteiger partial charge is 0.186 e. The number of methoxy groups -OCH3 is 1. The maximum atomic E-state index is 6.27. The van der Waals surface area contributed by atoms with Gasteiger partial charge in [0.1, 0.15) is 24.4 Å². The summed E-state index contributed by atoms with van der Waals surface area (Å²) in [5, 5.41) is 0. The van der Waals surface area contributed by atoms with Crippen LogP contribution in [0.4, 0.5) is 0 Å². The van der Waals surface area contributed by atoms with E-state index in [0.717, 1.165) is 11.1 Å². The summed E-state index contributed by atoms with van der Waals surface area (Å²) in [6, 6.07) is 19.8. The van der Waals surface area contributed by atoms with Gasteiger partial charge in [-0.3, -0.25) is 0 Å². The quantitative estimate of drug-likeness (QED) is 0.828. The van der Waals surface area contributed by atoms with Crippen molar-refractivity contribution in [1.29, 1.82) is 0 Å². The minimum atomic E-state index is -0.523. The maximum absolute atomic E-state index is 6.27. The summed E-state index contributed by atoms with van der Waals surface area (Å²) < 4.78 is 36.1. The highest BCUT2D eigenvalue weighted by Gasteiger charge is 2.56. The van der Waals surface area contributed by atoms with Crippen molar-refractivity contribution < 1.29 is 28.4 Å². The Hall–Kier alpha value is -1.80. The zero-order valence-electron chi connectivity index (χ0n) is 15.0. The Morgan fingerprint density at radius 1 is 0.704 bits per heavy atom. The lowest BCUT2D eigenvalue weighted by atomic mass is 9.98. The zero-order valence-corrected chi connectivity index (χ0v) is 15.0. The van der Waals surface area contributed by atoms with E-state index in [9.17, 15) is 0 Å².